The minimum atomic E-state index is -0.896. The summed E-state index contributed by atoms with van der Waals surface area (Å²) in [4.78, 5) is 24.0. The van der Waals surface area contributed by atoms with Crippen LogP contribution in [0.4, 0.5) is 0 Å². The van der Waals surface area contributed by atoms with Crippen molar-refractivity contribution in [1.29, 1.82) is 0 Å². The van der Waals surface area contributed by atoms with E-state index in [0.717, 1.165) is 5.56 Å². The van der Waals surface area contributed by atoms with Crippen LogP contribution in [0.25, 0.3) is 0 Å². The number of benzene rings is 2. The van der Waals surface area contributed by atoms with E-state index in [-0.39, 0.29) is 13.2 Å². The van der Waals surface area contributed by atoms with Gasteiger partial charge in [0.15, 0.2) is 18.1 Å². The minimum absolute atomic E-state index is 0.0404. The number of ether oxygens (including phenoxy) is 4. The molecule has 0 spiro atoms. The Balaban J connectivity index is 1.45. The lowest BCUT2D eigenvalue weighted by Gasteiger charge is -2.24. The molecular formula is C19H19NO6. The third-order valence-corrected chi connectivity index (χ3v) is 3.79. The summed E-state index contributed by atoms with van der Waals surface area (Å²) in [5.74, 6) is 0.664. The van der Waals surface area contributed by atoms with Gasteiger partial charge in [0, 0.05) is 12.1 Å². The van der Waals surface area contributed by atoms with Gasteiger partial charge in [-0.2, -0.15) is 0 Å². The lowest BCUT2D eigenvalue weighted by Crippen LogP contribution is -2.39. The highest BCUT2D eigenvalue weighted by Crippen LogP contribution is 2.31. The zero-order chi connectivity index (χ0) is 18.4. The topological polar surface area (TPSA) is 83.1 Å². The molecule has 2 aromatic rings. The number of para-hydroxylation sites is 3. The van der Waals surface area contributed by atoms with Crippen molar-refractivity contribution in [2.75, 3.05) is 20.3 Å². The number of amides is 1. The Morgan fingerprint density at radius 2 is 1.85 bits per heavy atom. The Kier molecular flexibility index (Phi) is 5.58. The van der Waals surface area contributed by atoms with Crippen LogP contribution < -0.4 is 19.5 Å². The van der Waals surface area contributed by atoms with Crippen LogP contribution in [0.3, 0.4) is 0 Å². The molecule has 0 aromatic heterocycles. The van der Waals surface area contributed by atoms with E-state index in [4.69, 9.17) is 18.9 Å². The minimum Gasteiger partial charge on any atom is -0.496 e. The fraction of sp³-hybridized carbons (Fsp3) is 0.263. The van der Waals surface area contributed by atoms with Crippen LogP contribution in [0.5, 0.6) is 17.2 Å². The van der Waals surface area contributed by atoms with Gasteiger partial charge in [-0.05, 0) is 18.2 Å². The molecule has 1 N–H and O–H groups in total. The third-order valence-electron chi connectivity index (χ3n) is 3.79. The highest BCUT2D eigenvalue weighted by molar-refractivity contribution is 5.82. The van der Waals surface area contributed by atoms with Crippen molar-refractivity contribution in [2.45, 2.75) is 12.6 Å². The van der Waals surface area contributed by atoms with Crippen LogP contribution in [0.1, 0.15) is 5.56 Å². The van der Waals surface area contributed by atoms with Crippen LogP contribution >= 0.6 is 0 Å². The first kappa shape index (κ1) is 17.6. The number of hydrogen-bond acceptors (Lipinski definition) is 6. The van der Waals surface area contributed by atoms with Crippen LogP contribution in [-0.4, -0.2) is 38.3 Å². The standard InChI is InChI=1S/C19H19NO6/c1-23-14-7-3-2-6-13(14)10-20-18(21)12-25-19(22)17-11-24-15-8-4-5-9-16(15)26-17/h2-9,17H,10-12H2,1H3,(H,20,21)/t17-/m1/s1. The van der Waals surface area contributed by atoms with Crippen molar-refractivity contribution in [3.8, 4) is 17.2 Å². The Morgan fingerprint density at radius 1 is 1.12 bits per heavy atom. The molecule has 1 atom stereocenters. The fourth-order valence-electron chi connectivity index (χ4n) is 2.46. The fourth-order valence-corrected chi connectivity index (χ4v) is 2.46. The Bertz CT molecular complexity index is 791. The predicted molar refractivity (Wildman–Crippen MR) is 92.2 cm³/mol. The highest BCUT2D eigenvalue weighted by atomic mass is 16.6. The predicted octanol–water partition coefficient (Wildman–Crippen LogP) is 1.69. The number of esters is 1. The second-order valence-electron chi connectivity index (χ2n) is 5.56. The second kappa shape index (κ2) is 8.24. The quantitative estimate of drug-likeness (QED) is 0.793. The Hall–Kier alpha value is -3.22. The zero-order valence-electron chi connectivity index (χ0n) is 14.3. The molecule has 0 aliphatic carbocycles. The first-order chi connectivity index (χ1) is 12.7. The first-order valence-electron chi connectivity index (χ1n) is 8.11. The normalized spacial score (nSPS) is 15.0. The molecule has 0 saturated carbocycles. The SMILES string of the molecule is COc1ccccc1CNC(=O)COC(=O)[C@H]1COc2ccccc2O1. The summed E-state index contributed by atoms with van der Waals surface area (Å²) >= 11 is 0. The number of rotatable bonds is 6. The molecular weight excluding hydrogens is 338 g/mol. The van der Waals surface area contributed by atoms with Crippen molar-refractivity contribution in [3.63, 3.8) is 0 Å². The van der Waals surface area contributed by atoms with E-state index >= 15 is 0 Å². The van der Waals surface area contributed by atoms with Gasteiger partial charge in [0.05, 0.1) is 7.11 Å². The highest BCUT2D eigenvalue weighted by Gasteiger charge is 2.29. The van der Waals surface area contributed by atoms with Crippen LogP contribution in [0.15, 0.2) is 48.5 Å². The number of methoxy groups -OCH3 is 1. The molecule has 1 amide bonds. The molecule has 1 aliphatic heterocycles. The first-order valence-corrected chi connectivity index (χ1v) is 8.11. The van der Waals surface area contributed by atoms with Crippen molar-refractivity contribution >= 4 is 11.9 Å². The summed E-state index contributed by atoms with van der Waals surface area (Å²) < 4.78 is 21.2. The molecule has 7 nitrogen and oxygen atoms in total. The summed E-state index contributed by atoms with van der Waals surface area (Å²) in [5, 5.41) is 2.68. The number of fused-ring (bicyclic) bond motifs is 1. The maximum absolute atomic E-state index is 12.1. The molecule has 7 heteroatoms. The largest absolute Gasteiger partial charge is 0.496 e. The monoisotopic (exact) mass is 357 g/mol. The third kappa shape index (κ3) is 4.24. The Labute approximate surface area is 150 Å². The van der Waals surface area contributed by atoms with Gasteiger partial charge in [0.25, 0.3) is 5.91 Å². The van der Waals surface area contributed by atoms with Gasteiger partial charge >= 0.3 is 5.97 Å². The van der Waals surface area contributed by atoms with E-state index in [1.54, 1.807) is 31.4 Å². The number of hydrogen-bond donors (Lipinski definition) is 1. The van der Waals surface area contributed by atoms with Crippen molar-refractivity contribution < 1.29 is 28.5 Å². The van der Waals surface area contributed by atoms with E-state index in [1.165, 1.54) is 0 Å². The van der Waals surface area contributed by atoms with Crippen LogP contribution in [0, 0.1) is 0 Å². The molecule has 0 radical (unpaired) electrons. The molecule has 0 saturated heterocycles. The maximum atomic E-state index is 12.1. The van der Waals surface area contributed by atoms with Crippen molar-refractivity contribution in [2.24, 2.45) is 0 Å². The molecule has 0 unspecified atom stereocenters. The average Bonchev–Trinajstić information content (AvgIpc) is 2.70. The van der Waals surface area contributed by atoms with E-state index < -0.39 is 24.6 Å². The number of carbonyl (C=O) groups is 2. The van der Waals surface area contributed by atoms with E-state index in [0.29, 0.717) is 17.2 Å². The second-order valence-corrected chi connectivity index (χ2v) is 5.56. The molecule has 26 heavy (non-hydrogen) atoms. The number of carbonyl (C=O) groups excluding carboxylic acids is 2. The lowest BCUT2D eigenvalue weighted by molar-refractivity contribution is -0.157. The van der Waals surface area contributed by atoms with Crippen molar-refractivity contribution in [3.05, 3.63) is 54.1 Å². The molecule has 136 valence electrons. The van der Waals surface area contributed by atoms with Gasteiger partial charge in [0.1, 0.15) is 12.4 Å². The molecule has 0 fully saturated rings. The van der Waals surface area contributed by atoms with Crippen molar-refractivity contribution in [1.82, 2.24) is 5.32 Å². The molecule has 1 aliphatic rings. The van der Waals surface area contributed by atoms with Gasteiger partial charge in [-0.3, -0.25) is 4.79 Å². The van der Waals surface area contributed by atoms with Crippen LogP contribution in [0.2, 0.25) is 0 Å². The molecule has 1 heterocycles. The smallest absolute Gasteiger partial charge is 0.351 e. The molecule has 0 bridgehead atoms. The summed E-state index contributed by atoms with van der Waals surface area (Å²) in [7, 11) is 1.56. The lowest BCUT2D eigenvalue weighted by atomic mass is 10.2. The van der Waals surface area contributed by atoms with Gasteiger partial charge in [0.2, 0.25) is 6.10 Å². The Morgan fingerprint density at radius 3 is 2.65 bits per heavy atom. The zero-order valence-corrected chi connectivity index (χ0v) is 14.3. The maximum Gasteiger partial charge on any atom is 0.351 e. The summed E-state index contributed by atoms with van der Waals surface area (Å²) in [6.07, 6.45) is -0.896. The molecule has 3 rings (SSSR count). The van der Waals surface area contributed by atoms with Gasteiger partial charge in [-0.25, -0.2) is 4.79 Å². The van der Waals surface area contributed by atoms with E-state index in [9.17, 15) is 9.59 Å². The van der Waals surface area contributed by atoms with Crippen LogP contribution in [-0.2, 0) is 20.9 Å². The van der Waals surface area contributed by atoms with E-state index in [1.807, 2.05) is 24.3 Å². The van der Waals surface area contributed by atoms with Gasteiger partial charge in [-0.15, -0.1) is 0 Å². The van der Waals surface area contributed by atoms with Gasteiger partial charge in [-0.1, -0.05) is 30.3 Å². The molecule has 2 aromatic carbocycles. The summed E-state index contributed by atoms with van der Waals surface area (Å²) in [5.41, 5.74) is 0.829. The number of nitrogens with one attached hydrogen (secondary N) is 1. The average molecular weight is 357 g/mol. The van der Waals surface area contributed by atoms with Gasteiger partial charge < -0.3 is 24.3 Å². The summed E-state index contributed by atoms with van der Waals surface area (Å²) in [6, 6.07) is 14.4. The van der Waals surface area contributed by atoms with E-state index in [2.05, 4.69) is 5.32 Å². The summed E-state index contributed by atoms with van der Waals surface area (Å²) in [6.45, 7) is -0.0784.